The van der Waals surface area contributed by atoms with E-state index in [1.807, 2.05) is 69.2 Å². The van der Waals surface area contributed by atoms with Crippen LogP contribution in [-0.4, -0.2) is 119 Å². The Bertz CT molecular complexity index is 3320. The number of fused-ring (bicyclic) bond motifs is 24. The van der Waals surface area contributed by atoms with Crippen molar-refractivity contribution in [1.29, 1.82) is 0 Å². The molecular formula is C88H136O20. The van der Waals surface area contributed by atoms with E-state index in [0.29, 0.717) is 60.4 Å². The summed E-state index contributed by atoms with van der Waals surface area (Å²) < 4.78 is 48.9. The summed E-state index contributed by atoms with van der Waals surface area (Å²) in [5.74, 6) is 10.3. The van der Waals surface area contributed by atoms with Gasteiger partial charge in [-0.1, -0.05) is 69.2 Å². The molecule has 0 aromatic rings. The molecule has 2 heterocycles. The van der Waals surface area contributed by atoms with Gasteiger partial charge in [0.15, 0.2) is 6.29 Å². The van der Waals surface area contributed by atoms with Crippen LogP contribution in [0, 0.1) is 213 Å². The summed E-state index contributed by atoms with van der Waals surface area (Å²) >= 11 is 0. The molecule has 14 bridgehead atoms. The Morgan fingerprint density at radius 2 is 0.750 bits per heavy atom. The first kappa shape index (κ1) is 82.6. The first-order valence-corrected chi connectivity index (χ1v) is 42.7. The maximum Gasteiger partial charge on any atom is 0.347 e. The average Bonchev–Trinajstić information content (AvgIpc) is 1.54. The monoisotopic (exact) mass is 1510 g/mol. The second-order valence-electron chi connectivity index (χ2n) is 40.7. The van der Waals surface area contributed by atoms with Crippen LogP contribution < -0.4 is 0 Å². The fourth-order valence-electron chi connectivity index (χ4n) is 27.4. The van der Waals surface area contributed by atoms with E-state index in [9.17, 15) is 53.4 Å². The van der Waals surface area contributed by atoms with Crippen molar-refractivity contribution < 1.29 is 96.0 Å². The second kappa shape index (κ2) is 31.5. The lowest BCUT2D eigenvalue weighted by molar-refractivity contribution is -0.194. The Hall–Kier alpha value is -4.85. The molecule has 14 aliphatic carbocycles. The molecule has 2 N–H and O–H groups in total. The predicted octanol–water partition coefficient (Wildman–Crippen LogP) is 15.1. The van der Waals surface area contributed by atoms with Crippen LogP contribution in [0.4, 0.5) is 0 Å². The van der Waals surface area contributed by atoms with Crippen LogP contribution in [0.5, 0.6) is 0 Å². The molecule has 39 unspecified atom stereocenters. The van der Waals surface area contributed by atoms with Gasteiger partial charge in [-0.2, -0.15) is 0 Å². The maximum atomic E-state index is 12.8. The van der Waals surface area contributed by atoms with Gasteiger partial charge >= 0.3 is 53.7 Å². The van der Waals surface area contributed by atoms with Gasteiger partial charge in [0.05, 0.1) is 60.6 Å². The highest BCUT2D eigenvalue weighted by Crippen LogP contribution is 2.73. The molecule has 0 spiro atoms. The molecule has 14 saturated carbocycles. The minimum Gasteiger partial charge on any atom is -0.481 e. The van der Waals surface area contributed by atoms with E-state index in [1.165, 1.54) is 25.7 Å². The van der Waals surface area contributed by atoms with Crippen molar-refractivity contribution in [1.82, 2.24) is 0 Å². The number of ether oxygens (including phenoxy) is 9. The molecule has 20 heteroatoms. The van der Waals surface area contributed by atoms with Gasteiger partial charge in [-0.25, -0.2) is 4.79 Å². The van der Waals surface area contributed by atoms with Crippen LogP contribution in [-0.2, 0) is 85.8 Å². The van der Waals surface area contributed by atoms with Crippen molar-refractivity contribution in [2.75, 3.05) is 19.8 Å². The van der Waals surface area contributed by atoms with Crippen LogP contribution in [0.15, 0.2) is 0 Å². The highest BCUT2D eigenvalue weighted by Gasteiger charge is 2.70. The smallest absolute Gasteiger partial charge is 0.347 e. The van der Waals surface area contributed by atoms with Crippen LogP contribution in [0.25, 0.3) is 0 Å². The fourth-order valence-corrected chi connectivity index (χ4v) is 27.4. The third-order valence-electron chi connectivity index (χ3n) is 32.5. The number of carboxylic acid groups (broad SMARTS) is 2. The van der Waals surface area contributed by atoms with Crippen molar-refractivity contribution in [3.63, 3.8) is 0 Å². The van der Waals surface area contributed by atoms with Crippen molar-refractivity contribution in [2.45, 2.75) is 264 Å². The second-order valence-corrected chi connectivity index (χ2v) is 40.7. The molecule has 16 fully saturated rings. The first-order valence-electron chi connectivity index (χ1n) is 42.7. The number of hydrogen-bond donors (Lipinski definition) is 2. The van der Waals surface area contributed by atoms with E-state index in [4.69, 9.17) is 42.6 Å². The van der Waals surface area contributed by atoms with E-state index in [1.54, 1.807) is 6.92 Å². The Labute approximate surface area is 643 Å². The van der Waals surface area contributed by atoms with Crippen LogP contribution >= 0.6 is 0 Å². The van der Waals surface area contributed by atoms with Crippen LogP contribution in [0.2, 0.25) is 0 Å². The third kappa shape index (κ3) is 15.6. The molecule has 0 amide bonds. The van der Waals surface area contributed by atoms with E-state index in [-0.39, 0.29) is 89.7 Å². The van der Waals surface area contributed by atoms with Crippen molar-refractivity contribution >= 4 is 53.7 Å². The predicted molar refractivity (Wildman–Crippen MR) is 399 cm³/mol. The minimum atomic E-state index is -0.873. The molecule has 608 valence electrons. The number of carbonyl (C=O) groups excluding carboxylic acids is 7. The summed E-state index contributed by atoms with van der Waals surface area (Å²) in [5, 5.41) is 18.9. The molecule has 0 aromatic heterocycles. The number of rotatable bonds is 13. The van der Waals surface area contributed by atoms with E-state index in [2.05, 4.69) is 69.2 Å². The topological polar surface area (TPSA) is 277 Å². The molecule has 39 atom stereocenters. The molecule has 0 aromatic carbocycles. The zero-order chi connectivity index (χ0) is 78.9. The number of aliphatic carboxylic acids is 2. The quantitative estimate of drug-likeness (QED) is 0.0750. The number of cyclic esters (lactones) is 1. The summed E-state index contributed by atoms with van der Waals surface area (Å²) in [5.41, 5.74) is -1.50. The lowest BCUT2D eigenvalue weighted by Gasteiger charge is -2.43. The van der Waals surface area contributed by atoms with Gasteiger partial charge in [0.1, 0.15) is 16.8 Å². The summed E-state index contributed by atoms with van der Waals surface area (Å²) in [4.78, 5) is 110. The SMILES string of the molecule is CC1C(C)C2CC1C(C(=O)O)C2C(=O)OC(C)(C)C.CC1C(C)C2CC1C(C(=O)OC1CCOC1=O)C2C(=O)OC(C)(C)C.CC1C(C)C2CC1C1C3CC(C(=O)OC(C)(C)C)C(C3)C21.CC1C(C)C2CC1C1C3CC(C(=O)OC4CCCCO4)C(C3)C21.CCOC(C)OC(=O)C1C2CC(C(C)C2C)C1C(=O)O. The van der Waals surface area contributed by atoms with Crippen molar-refractivity contribution in [3.05, 3.63) is 0 Å². The average molecular weight is 1510 g/mol. The number of carboxylic acids is 2. The van der Waals surface area contributed by atoms with Gasteiger partial charge in [-0.3, -0.25) is 38.4 Å². The summed E-state index contributed by atoms with van der Waals surface area (Å²) in [6, 6.07) is 0. The fraction of sp³-hybridized carbons (Fsp3) is 0.898. The van der Waals surface area contributed by atoms with Gasteiger partial charge < -0.3 is 52.8 Å². The maximum absolute atomic E-state index is 12.8. The molecule has 0 radical (unpaired) electrons. The molecule has 2 aliphatic heterocycles. The zero-order valence-corrected chi connectivity index (χ0v) is 69.1. The third-order valence-corrected chi connectivity index (χ3v) is 32.5. The van der Waals surface area contributed by atoms with Gasteiger partial charge in [-0.15, -0.1) is 0 Å². The van der Waals surface area contributed by atoms with E-state index >= 15 is 0 Å². The lowest BCUT2D eigenvalue weighted by Crippen LogP contribution is -2.44. The molecule has 16 aliphatic rings. The molecular weight excluding hydrogens is 1380 g/mol. The highest BCUT2D eigenvalue weighted by atomic mass is 16.7. The zero-order valence-electron chi connectivity index (χ0n) is 69.1. The Morgan fingerprint density at radius 3 is 1.12 bits per heavy atom. The van der Waals surface area contributed by atoms with Crippen LogP contribution in [0.1, 0.15) is 229 Å². The summed E-state index contributed by atoms with van der Waals surface area (Å²) in [6.07, 6.45) is 12.0. The van der Waals surface area contributed by atoms with Gasteiger partial charge in [0.25, 0.3) is 0 Å². The minimum absolute atomic E-state index is 0.0614. The number of hydrogen-bond acceptors (Lipinski definition) is 18. The normalized spacial score (nSPS) is 46.7. The van der Waals surface area contributed by atoms with E-state index < -0.39 is 89.0 Å². The number of carbonyl (C=O) groups is 9. The summed E-state index contributed by atoms with van der Waals surface area (Å²) in [7, 11) is 0. The van der Waals surface area contributed by atoms with Crippen LogP contribution in [0.3, 0.4) is 0 Å². The van der Waals surface area contributed by atoms with Crippen molar-refractivity contribution in [2.24, 2.45) is 213 Å². The Balaban J connectivity index is 0.000000127. The molecule has 16 rings (SSSR count). The Kier molecular flexibility index (Phi) is 24.1. The largest absolute Gasteiger partial charge is 0.481 e. The Morgan fingerprint density at radius 1 is 0.398 bits per heavy atom. The lowest BCUT2D eigenvalue weighted by atomic mass is 9.62. The summed E-state index contributed by atoms with van der Waals surface area (Å²) in [6.45, 7) is 44.5. The van der Waals surface area contributed by atoms with Gasteiger partial charge in [0.2, 0.25) is 12.4 Å². The van der Waals surface area contributed by atoms with Gasteiger partial charge in [0, 0.05) is 19.4 Å². The van der Waals surface area contributed by atoms with Crippen molar-refractivity contribution in [3.8, 4) is 0 Å². The highest BCUT2D eigenvalue weighted by molar-refractivity contribution is 5.87. The standard InChI is InChI=1S/C20H30O3.C19H28O6.C19H30O2.C15H24O5.C15H24O4/c1-10-11(2)14-9-13(10)18-12-7-15(19(14)18)16(8-12)20(21)23-17-5-3-4-6-22-17;1-9-10(2)12-8-11(9)14(15(12)18(22)25-19(3,4)5)17(21)24-13-6-7-23-16(13)20;1-9-10(2)13-8-12(9)16-11-6-14(17(13)16)15(7-11)18(20)21-19(3,4)5;1-5-19-9(4)20-15(18)13-11-6-10(7(2)8(11)3)12(13)14(16)17;1-7-8(2)10-6-9(7)11(13(16)17)12(10)14(18)19-15(3,4)5/h10-19H,3-9H2,1-2H3;9-15H,6-8H2,1-5H3;9-17H,6-8H2,1-5H3;7-13H,5-6H2,1-4H3,(H,16,17);7-12H,6H2,1-5H3,(H,16,17). The van der Waals surface area contributed by atoms with E-state index in [0.717, 1.165) is 141 Å². The number of esters is 7. The van der Waals surface area contributed by atoms with Gasteiger partial charge in [-0.05, 0) is 312 Å². The molecule has 108 heavy (non-hydrogen) atoms. The first-order chi connectivity index (χ1) is 50.5. The molecule has 2 saturated heterocycles. The molecule has 20 nitrogen and oxygen atoms in total.